The lowest BCUT2D eigenvalue weighted by molar-refractivity contribution is -0.189. The summed E-state index contributed by atoms with van der Waals surface area (Å²) in [6, 6.07) is 8.17. The Morgan fingerprint density at radius 3 is 2.61 bits per heavy atom. The first-order chi connectivity index (χ1) is 17.3. The number of esters is 1. The van der Waals surface area contributed by atoms with E-state index in [1.165, 1.54) is 44.5 Å². The molecule has 1 saturated carbocycles. The van der Waals surface area contributed by atoms with Crippen molar-refractivity contribution in [2.24, 2.45) is 5.92 Å². The van der Waals surface area contributed by atoms with Crippen molar-refractivity contribution in [1.82, 2.24) is 25.5 Å². The summed E-state index contributed by atoms with van der Waals surface area (Å²) in [6.45, 7) is 2.30. The maximum atomic E-state index is 13.0. The highest BCUT2D eigenvalue weighted by Crippen LogP contribution is 2.36. The molecule has 3 aromatic rings. The first kappa shape index (κ1) is 23.9. The topological polar surface area (TPSA) is 102 Å². The van der Waals surface area contributed by atoms with Crippen molar-refractivity contribution >= 4 is 11.9 Å². The quantitative estimate of drug-likeness (QED) is 0.404. The van der Waals surface area contributed by atoms with E-state index in [1.807, 2.05) is 4.90 Å². The molecular formula is C24H23F3N6O3. The van der Waals surface area contributed by atoms with Crippen LogP contribution >= 0.6 is 0 Å². The number of pyridine rings is 1. The largest absolute Gasteiger partial charge is 0.491 e. The third kappa shape index (κ3) is 5.23. The summed E-state index contributed by atoms with van der Waals surface area (Å²) < 4.78 is 48.8. The third-order valence-electron chi connectivity index (χ3n) is 6.20. The molecule has 188 valence electrons. The van der Waals surface area contributed by atoms with Crippen molar-refractivity contribution < 1.29 is 27.4 Å². The van der Waals surface area contributed by atoms with Crippen molar-refractivity contribution in [3.05, 3.63) is 42.7 Å². The average molecular weight is 500 g/mol. The number of aromatic nitrogens is 4. The standard InChI is InChI=1S/C24H23F3N6O3/c1-35-21-11-16(6-7-29-21)15-4-5-17(20(10-15)36-22(34)24(25,26)27)18-12-30-23(32-31-18)33-9-8-28-19(13-33)14-2-3-14/h4-7,10-12,14,19,28H,2-3,8-9,13H2,1H3/t19-/m1/s1. The molecule has 1 aliphatic heterocycles. The summed E-state index contributed by atoms with van der Waals surface area (Å²) in [5.74, 6) is -1.21. The summed E-state index contributed by atoms with van der Waals surface area (Å²) in [5.41, 5.74) is 1.44. The van der Waals surface area contributed by atoms with Gasteiger partial charge in [0.15, 0.2) is 0 Å². The van der Waals surface area contributed by atoms with Crippen LogP contribution in [-0.4, -0.2) is 65.1 Å². The molecule has 1 aromatic carbocycles. The molecule has 2 aliphatic rings. The van der Waals surface area contributed by atoms with Gasteiger partial charge in [0.05, 0.1) is 13.3 Å². The molecule has 0 spiro atoms. The smallest absolute Gasteiger partial charge is 0.481 e. The van der Waals surface area contributed by atoms with E-state index in [-0.39, 0.29) is 17.0 Å². The van der Waals surface area contributed by atoms with Gasteiger partial charge >= 0.3 is 12.1 Å². The highest BCUT2D eigenvalue weighted by atomic mass is 19.4. The first-order valence-corrected chi connectivity index (χ1v) is 11.4. The van der Waals surface area contributed by atoms with E-state index in [9.17, 15) is 18.0 Å². The number of methoxy groups -OCH3 is 1. The fourth-order valence-electron chi connectivity index (χ4n) is 4.17. The van der Waals surface area contributed by atoms with E-state index < -0.39 is 12.1 Å². The van der Waals surface area contributed by atoms with Gasteiger partial charge in [0.1, 0.15) is 11.4 Å². The maximum absolute atomic E-state index is 13.0. The lowest BCUT2D eigenvalue weighted by Crippen LogP contribution is -2.52. The lowest BCUT2D eigenvalue weighted by Gasteiger charge is -2.33. The van der Waals surface area contributed by atoms with Crippen LogP contribution in [0.1, 0.15) is 12.8 Å². The van der Waals surface area contributed by atoms with E-state index in [0.29, 0.717) is 34.9 Å². The zero-order valence-electron chi connectivity index (χ0n) is 19.3. The van der Waals surface area contributed by atoms with E-state index in [0.717, 1.165) is 19.6 Å². The molecule has 0 amide bonds. The number of carbonyl (C=O) groups is 1. The summed E-state index contributed by atoms with van der Waals surface area (Å²) in [4.78, 5) is 22.1. The SMILES string of the molecule is COc1cc(-c2ccc(-c3cnc(N4CCN[C@@H](C5CC5)C4)nn3)c(OC(=O)C(F)(F)F)c2)ccn1. The molecule has 5 rings (SSSR count). The predicted molar refractivity (Wildman–Crippen MR) is 123 cm³/mol. The predicted octanol–water partition coefficient (Wildman–Crippen LogP) is 3.27. The van der Waals surface area contributed by atoms with Crippen LogP contribution in [0.25, 0.3) is 22.4 Å². The third-order valence-corrected chi connectivity index (χ3v) is 6.20. The van der Waals surface area contributed by atoms with Gasteiger partial charge in [-0.05, 0) is 48.1 Å². The van der Waals surface area contributed by atoms with E-state index >= 15 is 0 Å². The van der Waals surface area contributed by atoms with Gasteiger partial charge in [-0.15, -0.1) is 10.2 Å². The van der Waals surface area contributed by atoms with Gasteiger partial charge in [-0.3, -0.25) is 0 Å². The van der Waals surface area contributed by atoms with Crippen molar-refractivity contribution in [3.8, 4) is 34.0 Å². The Kier molecular flexibility index (Phi) is 6.44. The second-order valence-corrected chi connectivity index (χ2v) is 8.67. The van der Waals surface area contributed by atoms with Crippen LogP contribution in [-0.2, 0) is 4.79 Å². The van der Waals surface area contributed by atoms with Crippen LogP contribution in [0.5, 0.6) is 11.6 Å². The van der Waals surface area contributed by atoms with Crippen LogP contribution in [0.2, 0.25) is 0 Å². The monoisotopic (exact) mass is 500 g/mol. The van der Waals surface area contributed by atoms with Crippen molar-refractivity contribution in [1.29, 1.82) is 0 Å². The Morgan fingerprint density at radius 1 is 1.11 bits per heavy atom. The van der Waals surface area contributed by atoms with E-state index in [2.05, 4.69) is 25.5 Å². The maximum Gasteiger partial charge on any atom is 0.491 e. The fraction of sp³-hybridized carbons (Fsp3) is 0.375. The van der Waals surface area contributed by atoms with Crippen molar-refractivity contribution in [2.75, 3.05) is 31.6 Å². The summed E-state index contributed by atoms with van der Waals surface area (Å²) in [5, 5.41) is 11.9. The summed E-state index contributed by atoms with van der Waals surface area (Å²) in [6.07, 6.45) is 0.186. The number of carbonyl (C=O) groups excluding carboxylic acids is 1. The lowest BCUT2D eigenvalue weighted by atomic mass is 10.0. The van der Waals surface area contributed by atoms with Gasteiger partial charge in [-0.2, -0.15) is 13.2 Å². The number of benzene rings is 1. The molecule has 2 fully saturated rings. The number of hydrogen-bond donors (Lipinski definition) is 1. The number of nitrogens with one attached hydrogen (secondary N) is 1. The van der Waals surface area contributed by atoms with Gasteiger partial charge in [0, 0.05) is 43.5 Å². The molecule has 0 radical (unpaired) electrons. The van der Waals surface area contributed by atoms with E-state index in [4.69, 9.17) is 9.47 Å². The minimum absolute atomic E-state index is 0.153. The Balaban J connectivity index is 1.45. The molecule has 1 aliphatic carbocycles. The van der Waals surface area contributed by atoms with Crippen molar-refractivity contribution in [2.45, 2.75) is 25.1 Å². The normalized spacial score (nSPS) is 18.1. The zero-order chi connectivity index (χ0) is 25.3. The van der Waals surface area contributed by atoms with Crippen LogP contribution < -0.4 is 19.7 Å². The molecule has 2 aromatic heterocycles. The molecule has 0 unspecified atom stereocenters. The van der Waals surface area contributed by atoms with Crippen LogP contribution in [0.4, 0.5) is 19.1 Å². The molecule has 36 heavy (non-hydrogen) atoms. The van der Waals surface area contributed by atoms with Gasteiger partial charge < -0.3 is 19.7 Å². The summed E-state index contributed by atoms with van der Waals surface area (Å²) in [7, 11) is 1.45. The van der Waals surface area contributed by atoms with Crippen LogP contribution in [0.15, 0.2) is 42.7 Å². The number of hydrogen-bond acceptors (Lipinski definition) is 9. The number of nitrogens with zero attached hydrogens (tertiary/aromatic N) is 5. The van der Waals surface area contributed by atoms with Gasteiger partial charge in [0.25, 0.3) is 0 Å². The molecule has 12 heteroatoms. The number of piperazine rings is 1. The Morgan fingerprint density at radius 2 is 1.92 bits per heavy atom. The molecule has 1 N–H and O–H groups in total. The Bertz CT molecular complexity index is 1250. The first-order valence-electron chi connectivity index (χ1n) is 11.4. The molecule has 1 saturated heterocycles. The highest BCUT2D eigenvalue weighted by Gasteiger charge is 2.42. The number of rotatable bonds is 6. The Labute approximate surface area is 204 Å². The van der Waals surface area contributed by atoms with Gasteiger partial charge in [-0.25, -0.2) is 14.8 Å². The van der Waals surface area contributed by atoms with Crippen LogP contribution in [0.3, 0.4) is 0 Å². The minimum atomic E-state index is -5.17. The Hall–Kier alpha value is -3.80. The highest BCUT2D eigenvalue weighted by molar-refractivity contribution is 5.82. The average Bonchev–Trinajstić information content (AvgIpc) is 3.74. The molecule has 9 nitrogen and oxygen atoms in total. The number of anilines is 1. The van der Waals surface area contributed by atoms with Gasteiger partial charge in [0.2, 0.25) is 11.8 Å². The fourth-order valence-corrected chi connectivity index (χ4v) is 4.17. The number of alkyl halides is 3. The van der Waals surface area contributed by atoms with E-state index in [1.54, 1.807) is 18.2 Å². The molecular weight excluding hydrogens is 477 g/mol. The second-order valence-electron chi connectivity index (χ2n) is 8.67. The van der Waals surface area contributed by atoms with Gasteiger partial charge in [-0.1, -0.05) is 6.07 Å². The summed E-state index contributed by atoms with van der Waals surface area (Å²) >= 11 is 0. The number of ether oxygens (including phenoxy) is 2. The molecule has 0 bridgehead atoms. The number of halogens is 3. The zero-order valence-corrected chi connectivity index (χ0v) is 19.3. The van der Waals surface area contributed by atoms with Crippen molar-refractivity contribution in [3.63, 3.8) is 0 Å². The molecule has 3 heterocycles. The van der Waals surface area contributed by atoms with Crippen LogP contribution in [0, 0.1) is 5.92 Å². The molecule has 1 atom stereocenters. The minimum Gasteiger partial charge on any atom is -0.481 e. The second kappa shape index (κ2) is 9.69.